The molecule has 0 saturated heterocycles. The average Bonchev–Trinajstić information content (AvgIpc) is 2.61. The first-order valence-electron chi connectivity index (χ1n) is 9.44. The molecule has 1 saturated carbocycles. The Kier molecular flexibility index (Phi) is 6.06. The van der Waals surface area contributed by atoms with Gasteiger partial charge in [-0.3, -0.25) is 4.57 Å². The smallest absolute Gasteiger partial charge is 0.354 e. The molecule has 6 heteroatoms. The number of aromatic nitrogens is 2. The van der Waals surface area contributed by atoms with Gasteiger partial charge in [-0.25, -0.2) is 4.79 Å². The number of nitrogens with two attached hydrogens (primary N) is 2. The van der Waals surface area contributed by atoms with Crippen molar-refractivity contribution in [1.29, 1.82) is 0 Å². The van der Waals surface area contributed by atoms with Crippen LogP contribution < -0.4 is 22.5 Å². The quantitative estimate of drug-likeness (QED) is 0.734. The molecule has 5 N–H and O–H groups in total. The second-order valence-corrected chi connectivity index (χ2v) is 7.48. The lowest BCUT2D eigenvalue weighted by Crippen LogP contribution is -2.37. The van der Waals surface area contributed by atoms with Gasteiger partial charge in [0.2, 0.25) is 0 Å². The van der Waals surface area contributed by atoms with Crippen LogP contribution in [0.3, 0.4) is 0 Å². The van der Waals surface area contributed by atoms with Gasteiger partial charge in [0.05, 0.1) is 5.69 Å². The maximum Gasteiger partial charge on any atom is 0.354 e. The summed E-state index contributed by atoms with van der Waals surface area (Å²) in [4.78, 5) is 15.7. The van der Waals surface area contributed by atoms with Crippen molar-refractivity contribution in [2.75, 3.05) is 12.3 Å². The van der Waals surface area contributed by atoms with Crippen LogP contribution in [0.15, 0.2) is 41.3 Å². The molecule has 26 heavy (non-hydrogen) atoms. The van der Waals surface area contributed by atoms with E-state index in [0.29, 0.717) is 18.0 Å². The molecule has 140 valence electrons. The molecule has 1 fully saturated rings. The van der Waals surface area contributed by atoms with E-state index < -0.39 is 0 Å². The Hall–Kier alpha value is -2.18. The Morgan fingerprint density at radius 1 is 1.27 bits per heavy atom. The summed E-state index contributed by atoms with van der Waals surface area (Å²) in [6, 6.07) is 10.4. The minimum atomic E-state index is -0.363. The normalized spacial score (nSPS) is 21.5. The SMILES string of the molecule is CC(Cc1ccc(-n2ccc(N)nc2=O)cc1)NC[C@@H]1CCC[C@@H](N)C1. The summed E-state index contributed by atoms with van der Waals surface area (Å²) in [6.45, 7) is 3.25. The minimum Gasteiger partial charge on any atom is -0.383 e. The van der Waals surface area contributed by atoms with Crippen LogP contribution in [0.2, 0.25) is 0 Å². The molecule has 1 aromatic heterocycles. The maximum atomic E-state index is 11.9. The van der Waals surface area contributed by atoms with Crippen molar-refractivity contribution >= 4 is 5.82 Å². The predicted molar refractivity (Wildman–Crippen MR) is 105 cm³/mol. The van der Waals surface area contributed by atoms with E-state index in [1.165, 1.54) is 29.4 Å². The number of benzene rings is 1. The summed E-state index contributed by atoms with van der Waals surface area (Å²) < 4.78 is 1.49. The van der Waals surface area contributed by atoms with Crippen molar-refractivity contribution in [2.45, 2.75) is 51.1 Å². The lowest BCUT2D eigenvalue weighted by Gasteiger charge is -2.28. The summed E-state index contributed by atoms with van der Waals surface area (Å²) >= 11 is 0. The number of anilines is 1. The van der Waals surface area contributed by atoms with Gasteiger partial charge in [0.25, 0.3) is 0 Å². The lowest BCUT2D eigenvalue weighted by atomic mass is 9.86. The van der Waals surface area contributed by atoms with E-state index in [9.17, 15) is 4.79 Å². The zero-order chi connectivity index (χ0) is 18.5. The van der Waals surface area contributed by atoms with E-state index in [4.69, 9.17) is 11.5 Å². The van der Waals surface area contributed by atoms with Crippen molar-refractivity contribution in [3.05, 3.63) is 52.6 Å². The van der Waals surface area contributed by atoms with Crippen molar-refractivity contribution in [3.8, 4) is 5.69 Å². The molecular weight excluding hydrogens is 326 g/mol. The molecule has 0 amide bonds. The highest BCUT2D eigenvalue weighted by atomic mass is 16.1. The van der Waals surface area contributed by atoms with Crippen LogP contribution in [0, 0.1) is 5.92 Å². The molecule has 1 aliphatic carbocycles. The van der Waals surface area contributed by atoms with Crippen LogP contribution in [-0.4, -0.2) is 28.2 Å². The number of hydrogen-bond acceptors (Lipinski definition) is 5. The number of nitrogens with one attached hydrogen (secondary N) is 1. The Morgan fingerprint density at radius 2 is 2.04 bits per heavy atom. The van der Waals surface area contributed by atoms with Crippen LogP contribution in [0.25, 0.3) is 5.69 Å². The van der Waals surface area contributed by atoms with Gasteiger partial charge in [-0.2, -0.15) is 4.98 Å². The van der Waals surface area contributed by atoms with Crippen molar-refractivity contribution < 1.29 is 0 Å². The highest BCUT2D eigenvalue weighted by Gasteiger charge is 2.19. The Morgan fingerprint density at radius 3 is 2.73 bits per heavy atom. The van der Waals surface area contributed by atoms with Gasteiger partial charge in [0, 0.05) is 18.3 Å². The molecule has 2 aromatic rings. The third-order valence-corrected chi connectivity index (χ3v) is 5.16. The molecule has 3 rings (SSSR count). The van der Waals surface area contributed by atoms with Crippen molar-refractivity contribution in [3.63, 3.8) is 0 Å². The van der Waals surface area contributed by atoms with E-state index in [0.717, 1.165) is 25.1 Å². The number of nitrogens with zero attached hydrogens (tertiary/aromatic N) is 2. The van der Waals surface area contributed by atoms with E-state index in [1.807, 2.05) is 12.1 Å². The van der Waals surface area contributed by atoms with Gasteiger partial charge in [-0.1, -0.05) is 18.6 Å². The first-order valence-corrected chi connectivity index (χ1v) is 9.44. The molecule has 0 aliphatic heterocycles. The molecule has 1 aliphatic rings. The first kappa shape index (κ1) is 18.6. The van der Waals surface area contributed by atoms with Crippen LogP contribution >= 0.6 is 0 Å². The molecule has 0 bridgehead atoms. The molecule has 6 nitrogen and oxygen atoms in total. The van der Waals surface area contributed by atoms with Crippen LogP contribution in [-0.2, 0) is 6.42 Å². The van der Waals surface area contributed by atoms with E-state index in [-0.39, 0.29) is 11.5 Å². The summed E-state index contributed by atoms with van der Waals surface area (Å²) in [7, 11) is 0. The first-order chi connectivity index (χ1) is 12.5. The fraction of sp³-hybridized carbons (Fsp3) is 0.500. The largest absolute Gasteiger partial charge is 0.383 e. The zero-order valence-electron chi connectivity index (χ0n) is 15.4. The van der Waals surface area contributed by atoms with E-state index in [2.05, 4.69) is 29.4 Å². The van der Waals surface area contributed by atoms with E-state index >= 15 is 0 Å². The number of rotatable bonds is 6. The predicted octanol–water partition coefficient (Wildman–Crippen LogP) is 1.85. The monoisotopic (exact) mass is 355 g/mol. The average molecular weight is 355 g/mol. The molecule has 1 heterocycles. The standard InChI is InChI=1S/C20H29N5O/c1-14(23-13-16-3-2-4-17(21)12-16)11-15-5-7-18(8-6-15)25-10-9-19(22)24-20(25)26/h5-10,14,16-17,23H,2-4,11-13,21H2,1H3,(H2,22,24,26)/t14?,16-,17-/m1/s1. The second kappa shape index (κ2) is 8.47. The third-order valence-electron chi connectivity index (χ3n) is 5.16. The number of nitrogen functional groups attached to an aromatic ring is 1. The minimum absolute atomic E-state index is 0.238. The molecule has 0 radical (unpaired) electrons. The summed E-state index contributed by atoms with van der Waals surface area (Å²) in [6.07, 6.45) is 7.45. The third kappa shape index (κ3) is 4.93. The van der Waals surface area contributed by atoms with Crippen LogP contribution in [0.5, 0.6) is 0 Å². The molecule has 1 aromatic carbocycles. The summed E-state index contributed by atoms with van der Waals surface area (Å²) in [5.74, 6) is 0.940. The summed E-state index contributed by atoms with van der Waals surface area (Å²) in [5, 5.41) is 3.65. The lowest BCUT2D eigenvalue weighted by molar-refractivity contribution is 0.302. The Labute approximate surface area is 154 Å². The summed E-state index contributed by atoms with van der Waals surface area (Å²) in [5.41, 5.74) is 13.3. The van der Waals surface area contributed by atoms with Gasteiger partial charge in [0.15, 0.2) is 0 Å². The topological polar surface area (TPSA) is 99.0 Å². The zero-order valence-corrected chi connectivity index (χ0v) is 15.4. The second-order valence-electron chi connectivity index (χ2n) is 7.48. The Bertz CT molecular complexity index is 771. The van der Waals surface area contributed by atoms with Gasteiger partial charge in [-0.05, 0) is 68.8 Å². The van der Waals surface area contributed by atoms with Crippen LogP contribution in [0.1, 0.15) is 38.2 Å². The highest BCUT2D eigenvalue weighted by molar-refractivity contribution is 5.36. The molecular formula is C20H29N5O. The Balaban J connectivity index is 1.54. The van der Waals surface area contributed by atoms with Crippen molar-refractivity contribution in [2.24, 2.45) is 11.7 Å². The van der Waals surface area contributed by atoms with E-state index in [1.54, 1.807) is 12.3 Å². The molecule has 0 spiro atoms. The van der Waals surface area contributed by atoms with Crippen molar-refractivity contribution in [1.82, 2.24) is 14.9 Å². The van der Waals surface area contributed by atoms with Gasteiger partial charge in [-0.15, -0.1) is 0 Å². The van der Waals surface area contributed by atoms with Crippen LogP contribution in [0.4, 0.5) is 5.82 Å². The molecule has 3 atom stereocenters. The maximum absolute atomic E-state index is 11.9. The van der Waals surface area contributed by atoms with Gasteiger partial charge < -0.3 is 16.8 Å². The fourth-order valence-corrected chi connectivity index (χ4v) is 3.72. The fourth-order valence-electron chi connectivity index (χ4n) is 3.72. The molecule has 1 unspecified atom stereocenters. The highest BCUT2D eigenvalue weighted by Crippen LogP contribution is 2.22. The van der Waals surface area contributed by atoms with Gasteiger partial charge in [0.1, 0.15) is 5.82 Å². The van der Waals surface area contributed by atoms with Gasteiger partial charge >= 0.3 is 5.69 Å². The number of hydrogen-bond donors (Lipinski definition) is 3.